The number of ether oxygens (including phenoxy) is 1. The highest BCUT2D eigenvalue weighted by molar-refractivity contribution is 5.82. The molecule has 68 valence electrons. The summed E-state index contributed by atoms with van der Waals surface area (Å²) in [5, 5.41) is 5.60. The quantitative estimate of drug-likeness (QED) is 0.505. The molecule has 1 amide bonds. The minimum absolute atomic E-state index is 0.109. The highest BCUT2D eigenvalue weighted by atomic mass is 16.5. The van der Waals surface area contributed by atoms with Gasteiger partial charge in [0.1, 0.15) is 12.6 Å². The molecule has 1 aliphatic heterocycles. The van der Waals surface area contributed by atoms with Crippen LogP contribution in [-0.2, 0) is 14.3 Å². The number of carbonyl (C=O) groups is 2. The summed E-state index contributed by atoms with van der Waals surface area (Å²) in [7, 11) is 0. The maximum absolute atomic E-state index is 11.0. The maximum atomic E-state index is 11.0. The van der Waals surface area contributed by atoms with Crippen molar-refractivity contribution in [1.29, 1.82) is 0 Å². The standard InChI is InChI=1S/C7H12N2O3/c1-5(10)12-4-6-7(11)9-3-2-8-6/h6,8H,2-4H2,1H3,(H,9,11). The predicted octanol–water partition coefficient (Wildman–Crippen LogP) is -1.36. The van der Waals surface area contributed by atoms with Crippen LogP contribution in [-0.4, -0.2) is 37.6 Å². The second kappa shape index (κ2) is 4.06. The van der Waals surface area contributed by atoms with E-state index < -0.39 is 0 Å². The molecule has 1 fully saturated rings. The molecule has 0 aromatic heterocycles. The Morgan fingerprint density at radius 3 is 3.00 bits per heavy atom. The van der Waals surface area contributed by atoms with Crippen molar-refractivity contribution < 1.29 is 14.3 Å². The van der Waals surface area contributed by atoms with Gasteiger partial charge in [-0.2, -0.15) is 0 Å². The first-order valence-electron chi connectivity index (χ1n) is 3.84. The molecule has 12 heavy (non-hydrogen) atoms. The molecule has 0 saturated carbocycles. The minimum Gasteiger partial charge on any atom is -0.464 e. The Labute approximate surface area is 70.5 Å². The molecule has 1 rings (SSSR count). The molecule has 1 aliphatic rings. The summed E-state index contributed by atoms with van der Waals surface area (Å²) in [6, 6.07) is -0.386. The lowest BCUT2D eigenvalue weighted by Gasteiger charge is -2.22. The van der Waals surface area contributed by atoms with Crippen molar-refractivity contribution >= 4 is 11.9 Å². The Bertz CT molecular complexity index is 193. The van der Waals surface area contributed by atoms with Gasteiger partial charge in [-0.3, -0.25) is 9.59 Å². The summed E-state index contributed by atoms with van der Waals surface area (Å²) in [4.78, 5) is 21.5. The van der Waals surface area contributed by atoms with Gasteiger partial charge in [-0.25, -0.2) is 0 Å². The molecule has 0 radical (unpaired) electrons. The average molecular weight is 172 g/mol. The Balaban J connectivity index is 2.29. The van der Waals surface area contributed by atoms with Crippen molar-refractivity contribution in [2.24, 2.45) is 0 Å². The van der Waals surface area contributed by atoms with Crippen molar-refractivity contribution in [1.82, 2.24) is 10.6 Å². The summed E-state index contributed by atoms with van der Waals surface area (Å²) in [5.41, 5.74) is 0. The number of hydrogen-bond acceptors (Lipinski definition) is 4. The maximum Gasteiger partial charge on any atom is 0.302 e. The van der Waals surface area contributed by atoms with Crippen LogP contribution in [0, 0.1) is 0 Å². The van der Waals surface area contributed by atoms with E-state index in [9.17, 15) is 9.59 Å². The molecule has 1 unspecified atom stereocenters. The van der Waals surface area contributed by atoms with Gasteiger partial charge in [0, 0.05) is 20.0 Å². The molecule has 1 saturated heterocycles. The van der Waals surface area contributed by atoms with Crippen molar-refractivity contribution in [3.63, 3.8) is 0 Å². The second-order valence-electron chi connectivity index (χ2n) is 2.60. The molecule has 0 aromatic carbocycles. The normalized spacial score (nSPS) is 23.1. The van der Waals surface area contributed by atoms with Gasteiger partial charge in [0.2, 0.25) is 5.91 Å². The lowest BCUT2D eigenvalue weighted by atomic mass is 10.2. The topological polar surface area (TPSA) is 67.4 Å². The minimum atomic E-state index is -0.386. The lowest BCUT2D eigenvalue weighted by molar-refractivity contribution is -0.143. The fraction of sp³-hybridized carbons (Fsp3) is 0.714. The molecule has 0 aliphatic carbocycles. The summed E-state index contributed by atoms with van der Waals surface area (Å²) in [5.74, 6) is -0.474. The van der Waals surface area contributed by atoms with Crippen LogP contribution < -0.4 is 10.6 Å². The van der Waals surface area contributed by atoms with Crippen LogP contribution in [0.15, 0.2) is 0 Å². The Morgan fingerprint density at radius 2 is 2.42 bits per heavy atom. The molecule has 1 heterocycles. The summed E-state index contributed by atoms with van der Waals surface area (Å²) in [6.45, 7) is 2.79. The average Bonchev–Trinajstić information content (AvgIpc) is 2.03. The SMILES string of the molecule is CC(=O)OCC1NCCNC1=O. The fourth-order valence-electron chi connectivity index (χ4n) is 0.983. The van der Waals surface area contributed by atoms with E-state index in [2.05, 4.69) is 15.4 Å². The number of carbonyl (C=O) groups excluding carboxylic acids is 2. The van der Waals surface area contributed by atoms with E-state index in [-0.39, 0.29) is 24.5 Å². The molecular formula is C7H12N2O3. The van der Waals surface area contributed by atoms with E-state index in [4.69, 9.17) is 0 Å². The van der Waals surface area contributed by atoms with Gasteiger partial charge in [0.25, 0.3) is 0 Å². The number of rotatable bonds is 2. The molecule has 1 atom stereocenters. The first-order valence-corrected chi connectivity index (χ1v) is 3.84. The summed E-state index contributed by atoms with van der Waals surface area (Å²) in [6.07, 6.45) is 0. The molecule has 5 heteroatoms. The molecule has 0 bridgehead atoms. The smallest absolute Gasteiger partial charge is 0.302 e. The number of piperazine rings is 1. The van der Waals surface area contributed by atoms with Crippen LogP contribution in [0.4, 0.5) is 0 Å². The summed E-state index contributed by atoms with van der Waals surface area (Å²) >= 11 is 0. The molecule has 2 N–H and O–H groups in total. The van der Waals surface area contributed by atoms with Crippen LogP contribution in [0.25, 0.3) is 0 Å². The van der Waals surface area contributed by atoms with E-state index in [1.807, 2.05) is 0 Å². The van der Waals surface area contributed by atoms with Gasteiger partial charge in [0.15, 0.2) is 0 Å². The number of hydrogen-bond donors (Lipinski definition) is 2. The highest BCUT2D eigenvalue weighted by Gasteiger charge is 2.21. The van der Waals surface area contributed by atoms with E-state index in [1.54, 1.807) is 0 Å². The predicted molar refractivity (Wildman–Crippen MR) is 41.4 cm³/mol. The van der Waals surface area contributed by atoms with E-state index in [0.29, 0.717) is 6.54 Å². The van der Waals surface area contributed by atoms with Crippen molar-refractivity contribution in [3.8, 4) is 0 Å². The van der Waals surface area contributed by atoms with Gasteiger partial charge < -0.3 is 15.4 Å². The number of nitrogens with one attached hydrogen (secondary N) is 2. The second-order valence-corrected chi connectivity index (χ2v) is 2.60. The van der Waals surface area contributed by atoms with Crippen LogP contribution in [0.3, 0.4) is 0 Å². The van der Waals surface area contributed by atoms with Gasteiger partial charge >= 0.3 is 5.97 Å². The van der Waals surface area contributed by atoms with Crippen molar-refractivity contribution in [2.75, 3.05) is 19.7 Å². The Morgan fingerprint density at radius 1 is 1.67 bits per heavy atom. The molecular weight excluding hydrogens is 160 g/mol. The zero-order valence-corrected chi connectivity index (χ0v) is 6.92. The Hall–Kier alpha value is -1.10. The molecule has 0 spiro atoms. The molecule has 0 aromatic rings. The van der Waals surface area contributed by atoms with Gasteiger partial charge in [-0.15, -0.1) is 0 Å². The number of esters is 1. The fourth-order valence-corrected chi connectivity index (χ4v) is 0.983. The largest absolute Gasteiger partial charge is 0.464 e. The first kappa shape index (κ1) is 8.99. The van der Waals surface area contributed by atoms with Gasteiger partial charge in [-0.1, -0.05) is 0 Å². The third-order valence-electron chi connectivity index (χ3n) is 1.58. The van der Waals surface area contributed by atoms with Crippen LogP contribution in [0.2, 0.25) is 0 Å². The van der Waals surface area contributed by atoms with Gasteiger partial charge in [-0.05, 0) is 0 Å². The van der Waals surface area contributed by atoms with Crippen molar-refractivity contribution in [2.45, 2.75) is 13.0 Å². The highest BCUT2D eigenvalue weighted by Crippen LogP contribution is 1.90. The zero-order chi connectivity index (χ0) is 8.97. The third kappa shape index (κ3) is 2.50. The first-order chi connectivity index (χ1) is 5.70. The van der Waals surface area contributed by atoms with E-state index in [0.717, 1.165) is 6.54 Å². The zero-order valence-electron chi connectivity index (χ0n) is 6.92. The van der Waals surface area contributed by atoms with Crippen LogP contribution in [0.5, 0.6) is 0 Å². The monoisotopic (exact) mass is 172 g/mol. The Kier molecular flexibility index (Phi) is 3.04. The van der Waals surface area contributed by atoms with E-state index >= 15 is 0 Å². The van der Waals surface area contributed by atoms with Crippen LogP contribution >= 0.6 is 0 Å². The van der Waals surface area contributed by atoms with E-state index in [1.165, 1.54) is 6.92 Å². The summed E-state index contributed by atoms with van der Waals surface area (Å²) < 4.78 is 4.69. The molecule has 5 nitrogen and oxygen atoms in total. The van der Waals surface area contributed by atoms with Crippen molar-refractivity contribution in [3.05, 3.63) is 0 Å². The van der Waals surface area contributed by atoms with Gasteiger partial charge in [0.05, 0.1) is 0 Å². The van der Waals surface area contributed by atoms with Crippen LogP contribution in [0.1, 0.15) is 6.92 Å². The lowest BCUT2D eigenvalue weighted by Crippen LogP contribution is -2.54. The third-order valence-corrected chi connectivity index (χ3v) is 1.58. The number of amides is 1.